The van der Waals surface area contributed by atoms with Crippen LogP contribution in [0.25, 0.3) is 0 Å². The first-order valence-corrected chi connectivity index (χ1v) is 15.1. The number of carbonyl (C=O) groups excluding carboxylic acids is 4. The lowest BCUT2D eigenvalue weighted by Crippen LogP contribution is -2.53. The van der Waals surface area contributed by atoms with E-state index in [9.17, 15) is 34.0 Å². The summed E-state index contributed by atoms with van der Waals surface area (Å²) in [7, 11) is 0. The molecule has 2 fully saturated rings. The molecule has 14 nitrogen and oxygen atoms in total. The summed E-state index contributed by atoms with van der Waals surface area (Å²) in [5, 5.41) is 29.0. The number of aliphatic hydroxyl groups is 2. The minimum atomic E-state index is -3.96. The average molecular weight is 577 g/mol. The normalized spacial score (nSPS) is 31.8. The van der Waals surface area contributed by atoms with Crippen molar-refractivity contribution in [2.24, 2.45) is 5.92 Å². The Hall–Kier alpha value is -2.26. The van der Waals surface area contributed by atoms with Crippen molar-refractivity contribution in [2.45, 2.75) is 70.3 Å². The molecular weight excluding hydrogens is 543 g/mol. The van der Waals surface area contributed by atoms with Gasteiger partial charge in [0.15, 0.2) is 6.23 Å². The number of nitrogens with one attached hydrogen (secondary N) is 3. The Morgan fingerprint density at radius 2 is 2.05 bits per heavy atom. The molecule has 5 N–H and O–H groups in total. The molecule has 38 heavy (non-hydrogen) atoms. The third-order valence-corrected chi connectivity index (χ3v) is 10.1. The lowest BCUT2D eigenvalue weighted by molar-refractivity contribution is -0.149. The molecule has 0 spiro atoms. The van der Waals surface area contributed by atoms with Crippen LogP contribution in [0.15, 0.2) is 24.7 Å². The van der Waals surface area contributed by atoms with E-state index in [1.54, 1.807) is 13.8 Å². The molecule has 3 heterocycles. The highest BCUT2D eigenvalue weighted by atomic mass is 32.7. The molecule has 2 unspecified atom stereocenters. The monoisotopic (exact) mass is 576 g/mol. The Kier molecular flexibility index (Phi) is 9.45. The van der Waals surface area contributed by atoms with Gasteiger partial charge in [0.25, 0.3) is 5.91 Å². The van der Waals surface area contributed by atoms with Crippen LogP contribution in [-0.2, 0) is 37.7 Å². The summed E-state index contributed by atoms with van der Waals surface area (Å²) in [4.78, 5) is 48.7. The Balaban J connectivity index is 1.73. The summed E-state index contributed by atoms with van der Waals surface area (Å²) in [6, 6.07) is -1.06. The SMILES string of the molecule is C=C1NC(=O)C=CN1C1O[C@H](CO[P@@](=O)(N[C@H](C)C(=O)OC(C)C)SCC2CC(=O)NC2=O)[C@@H](O)[C@@]1(C)O. The second-order valence-electron chi connectivity index (χ2n) is 9.60. The minimum Gasteiger partial charge on any atom is -0.462 e. The summed E-state index contributed by atoms with van der Waals surface area (Å²) in [5.74, 6) is -2.74. The standard InChI is InChI=1S/C22H33N4O10PS/c1-11(2)35-20(31)12(3)25-37(33,38-10-14-8-17(28)24-19(14)30)34-9-15-18(29)22(5,32)21(36-15)26-7-6-16(27)23-13(26)4/h6-7,11-12,14-15,18,21,29,32H,4,8-10H2,1-3,5H3,(H,23,27)(H,25,33)(H,24,28,30)/t12-,14?,15-,18-,21?,22-,37+/m1/s1. The van der Waals surface area contributed by atoms with Crippen LogP contribution in [0.4, 0.5) is 0 Å². The molecule has 0 aromatic carbocycles. The number of nitrogens with zero attached hydrogens (tertiary/aromatic N) is 1. The van der Waals surface area contributed by atoms with Crippen molar-refractivity contribution in [3.05, 3.63) is 24.7 Å². The van der Waals surface area contributed by atoms with E-state index in [-0.39, 0.29) is 18.0 Å². The van der Waals surface area contributed by atoms with E-state index in [2.05, 4.69) is 22.3 Å². The van der Waals surface area contributed by atoms with Gasteiger partial charge in [-0.1, -0.05) is 18.0 Å². The smallest absolute Gasteiger partial charge is 0.327 e. The molecule has 0 bridgehead atoms. The van der Waals surface area contributed by atoms with Gasteiger partial charge in [0.1, 0.15) is 29.7 Å². The van der Waals surface area contributed by atoms with Crippen molar-refractivity contribution in [1.82, 2.24) is 20.6 Å². The number of amides is 3. The highest BCUT2D eigenvalue weighted by molar-refractivity contribution is 8.56. The molecule has 0 radical (unpaired) electrons. The van der Waals surface area contributed by atoms with Gasteiger partial charge in [0.2, 0.25) is 11.8 Å². The summed E-state index contributed by atoms with van der Waals surface area (Å²) >= 11 is 0.724. The van der Waals surface area contributed by atoms with Crippen LogP contribution in [0, 0.1) is 5.92 Å². The number of carbonyl (C=O) groups is 4. The fourth-order valence-corrected chi connectivity index (χ4v) is 7.95. The predicted octanol–water partition coefficient (Wildman–Crippen LogP) is -0.310. The molecule has 0 aliphatic carbocycles. The van der Waals surface area contributed by atoms with Crippen LogP contribution >= 0.6 is 18.1 Å². The third-order valence-electron chi connectivity index (χ3n) is 5.95. The van der Waals surface area contributed by atoms with Crippen molar-refractivity contribution in [1.29, 1.82) is 0 Å². The average Bonchev–Trinajstić information content (AvgIpc) is 3.25. The molecule has 3 aliphatic rings. The van der Waals surface area contributed by atoms with Crippen LogP contribution in [0.5, 0.6) is 0 Å². The van der Waals surface area contributed by atoms with E-state index in [0.29, 0.717) is 0 Å². The molecule has 16 heteroatoms. The maximum absolute atomic E-state index is 13.8. The number of aliphatic hydroxyl groups excluding tert-OH is 1. The van der Waals surface area contributed by atoms with Crippen molar-refractivity contribution in [2.75, 3.05) is 12.4 Å². The first-order valence-electron chi connectivity index (χ1n) is 11.9. The number of ether oxygens (including phenoxy) is 2. The van der Waals surface area contributed by atoms with Crippen molar-refractivity contribution in [3.8, 4) is 0 Å². The molecule has 2 saturated heterocycles. The van der Waals surface area contributed by atoms with Crippen LogP contribution in [0.1, 0.15) is 34.1 Å². The second kappa shape index (κ2) is 11.9. The molecule has 0 aromatic rings. The van der Waals surface area contributed by atoms with Gasteiger partial charge in [-0.2, -0.15) is 0 Å². The van der Waals surface area contributed by atoms with E-state index in [1.165, 1.54) is 31.0 Å². The lowest BCUT2D eigenvalue weighted by atomic mass is 9.96. The third kappa shape index (κ3) is 7.03. The Morgan fingerprint density at radius 1 is 1.37 bits per heavy atom. The van der Waals surface area contributed by atoms with Gasteiger partial charge >= 0.3 is 12.7 Å². The number of hydrogen-bond donors (Lipinski definition) is 5. The minimum absolute atomic E-state index is 0.0552. The second-order valence-corrected chi connectivity index (χ2v) is 13.9. The molecular formula is C22H33N4O10PS. The van der Waals surface area contributed by atoms with Crippen LogP contribution in [0.2, 0.25) is 0 Å². The van der Waals surface area contributed by atoms with Gasteiger partial charge in [-0.05, 0) is 27.7 Å². The number of rotatable bonds is 11. The molecule has 0 aromatic heterocycles. The predicted molar refractivity (Wildman–Crippen MR) is 135 cm³/mol. The number of esters is 1. The van der Waals surface area contributed by atoms with E-state index in [4.69, 9.17) is 14.0 Å². The first kappa shape index (κ1) is 30.3. The molecule has 7 atom stereocenters. The van der Waals surface area contributed by atoms with E-state index in [1.807, 2.05) is 0 Å². The van der Waals surface area contributed by atoms with Crippen LogP contribution in [-0.4, -0.2) is 87.3 Å². The van der Waals surface area contributed by atoms with E-state index >= 15 is 0 Å². The Bertz CT molecular complexity index is 1070. The topological polar surface area (TPSA) is 193 Å². The summed E-state index contributed by atoms with van der Waals surface area (Å²) < 4.78 is 30.4. The fourth-order valence-electron chi connectivity index (χ4n) is 3.92. The molecule has 3 aliphatic heterocycles. The zero-order valence-corrected chi connectivity index (χ0v) is 23.1. The van der Waals surface area contributed by atoms with Gasteiger partial charge in [-0.15, -0.1) is 0 Å². The summed E-state index contributed by atoms with van der Waals surface area (Å²) in [5.41, 5.74) is -1.86. The maximum Gasteiger partial charge on any atom is 0.327 e. The van der Waals surface area contributed by atoms with E-state index < -0.39 is 79.1 Å². The summed E-state index contributed by atoms with van der Waals surface area (Å²) in [6.45, 7) is 5.33. The Morgan fingerprint density at radius 3 is 2.63 bits per heavy atom. The maximum atomic E-state index is 13.8. The van der Waals surface area contributed by atoms with Crippen molar-refractivity contribution < 1.29 is 48.0 Å². The number of imide groups is 1. The number of hydrogen-bond acceptors (Lipinski definition) is 12. The van der Waals surface area contributed by atoms with Gasteiger partial charge in [-0.25, -0.2) is 5.09 Å². The highest BCUT2D eigenvalue weighted by Gasteiger charge is 2.55. The van der Waals surface area contributed by atoms with Crippen molar-refractivity contribution >= 4 is 41.8 Å². The van der Waals surface area contributed by atoms with Crippen molar-refractivity contribution in [3.63, 3.8) is 0 Å². The zero-order chi connectivity index (χ0) is 28.4. The van der Waals surface area contributed by atoms with Crippen LogP contribution < -0.4 is 15.7 Å². The molecule has 0 saturated carbocycles. The molecule has 3 rings (SSSR count). The fraction of sp³-hybridized carbons (Fsp3) is 0.636. The summed E-state index contributed by atoms with van der Waals surface area (Å²) in [6.07, 6.45) is -1.82. The van der Waals surface area contributed by atoms with E-state index in [0.717, 1.165) is 11.4 Å². The van der Waals surface area contributed by atoms with Crippen LogP contribution in [0.3, 0.4) is 0 Å². The van der Waals surface area contributed by atoms with Gasteiger partial charge in [-0.3, -0.25) is 29.1 Å². The molecule has 212 valence electrons. The van der Waals surface area contributed by atoms with Gasteiger partial charge in [0, 0.05) is 24.4 Å². The molecule has 3 amide bonds. The van der Waals surface area contributed by atoms with Gasteiger partial charge in [0.05, 0.1) is 18.6 Å². The first-order chi connectivity index (χ1) is 17.6. The zero-order valence-electron chi connectivity index (χ0n) is 21.4. The Labute approximate surface area is 223 Å². The lowest BCUT2D eigenvalue weighted by Gasteiger charge is -2.37. The van der Waals surface area contributed by atoms with Gasteiger partial charge < -0.3 is 34.4 Å². The highest BCUT2D eigenvalue weighted by Crippen LogP contribution is 2.57. The largest absolute Gasteiger partial charge is 0.462 e. The quantitative estimate of drug-likeness (QED) is 0.122.